The first-order valence-corrected chi connectivity index (χ1v) is 22.3. The predicted octanol–water partition coefficient (Wildman–Crippen LogP) is 13.2. The van der Waals surface area contributed by atoms with Gasteiger partial charge < -0.3 is 9.84 Å². The summed E-state index contributed by atoms with van der Waals surface area (Å²) in [6.45, 7) is 4.07. The van der Waals surface area contributed by atoms with Gasteiger partial charge in [0.25, 0.3) is 0 Å². The number of aliphatic hydroxyl groups is 1. The zero-order chi connectivity index (χ0) is 43.0. The van der Waals surface area contributed by atoms with E-state index in [0.29, 0.717) is 0 Å². The number of carbonyl (C=O) groups excluding carboxylic acids is 1. The summed E-state index contributed by atoms with van der Waals surface area (Å²) in [6, 6.07) is 61.4. The summed E-state index contributed by atoms with van der Waals surface area (Å²) in [6.07, 6.45) is 8.61. The van der Waals surface area contributed by atoms with Crippen molar-refractivity contribution in [1.82, 2.24) is 0 Å². The second-order valence-electron chi connectivity index (χ2n) is 18.0. The number of anilines is 1. The van der Waals surface area contributed by atoms with Gasteiger partial charge in [-0.05, 0) is 142 Å². The Bertz CT molecular complexity index is 2860. The summed E-state index contributed by atoms with van der Waals surface area (Å²) in [5, 5.41) is 14.5. The van der Waals surface area contributed by atoms with E-state index in [1.165, 1.54) is 55.7 Å². The number of aliphatic hydroxyl groups excluding tert-OH is 1. The molecule has 0 heterocycles. The topological polar surface area (TPSA) is 58.6 Å². The van der Waals surface area contributed by atoms with Crippen molar-refractivity contribution in [2.24, 2.45) is 10.8 Å². The van der Waals surface area contributed by atoms with Crippen LogP contribution in [0.4, 0.5) is 10.5 Å². The van der Waals surface area contributed by atoms with E-state index >= 15 is 0 Å². The van der Waals surface area contributed by atoms with Crippen LogP contribution >= 0.6 is 0 Å². The summed E-state index contributed by atoms with van der Waals surface area (Å²) < 4.78 is 6.45. The average Bonchev–Trinajstić information content (AvgIpc) is 4.07. The minimum absolute atomic E-state index is 0.294. The SMILES string of the molecule is Cc1cc(C)cc(NC(=O)OC2c3ccccc3CC2(Cc2ccccc2)C2=CCc3ccccc32)c1.OC1c2ccccc2CC1(Cc1ccccc1)C1=CCc2ccccc21. The van der Waals surface area contributed by atoms with Gasteiger partial charge in [0.05, 0.1) is 6.10 Å². The second kappa shape index (κ2) is 16.8. The van der Waals surface area contributed by atoms with Gasteiger partial charge in [-0.15, -0.1) is 0 Å². The van der Waals surface area contributed by atoms with Crippen LogP contribution in [0.5, 0.6) is 0 Å². The Labute approximate surface area is 371 Å². The summed E-state index contributed by atoms with van der Waals surface area (Å²) in [4.78, 5) is 13.4. The predicted molar refractivity (Wildman–Crippen MR) is 255 cm³/mol. The van der Waals surface area contributed by atoms with Gasteiger partial charge in [0, 0.05) is 16.5 Å². The van der Waals surface area contributed by atoms with Crippen LogP contribution in [0.25, 0.3) is 11.1 Å². The molecule has 0 fully saturated rings. The van der Waals surface area contributed by atoms with Gasteiger partial charge >= 0.3 is 6.09 Å². The normalized spacial score (nSPS) is 21.2. The van der Waals surface area contributed by atoms with Gasteiger partial charge in [0.1, 0.15) is 6.10 Å². The smallest absolute Gasteiger partial charge is 0.412 e. The molecule has 4 heteroatoms. The fourth-order valence-corrected chi connectivity index (χ4v) is 11.3. The molecule has 0 radical (unpaired) electrons. The molecule has 0 aromatic heterocycles. The van der Waals surface area contributed by atoms with E-state index in [-0.39, 0.29) is 5.41 Å². The first-order chi connectivity index (χ1) is 30.8. The lowest BCUT2D eigenvalue weighted by Crippen LogP contribution is -2.34. The van der Waals surface area contributed by atoms with Crippen LogP contribution in [-0.2, 0) is 43.3 Å². The molecular weight excluding hydrogens is 771 g/mol. The highest BCUT2D eigenvalue weighted by atomic mass is 16.6. The molecule has 63 heavy (non-hydrogen) atoms. The van der Waals surface area contributed by atoms with Gasteiger partial charge in [0.2, 0.25) is 0 Å². The van der Waals surface area contributed by atoms with E-state index in [0.717, 1.165) is 66.5 Å². The molecule has 1 amide bonds. The quantitative estimate of drug-likeness (QED) is 0.160. The van der Waals surface area contributed by atoms with Crippen LogP contribution in [0, 0.1) is 24.7 Å². The lowest BCUT2D eigenvalue weighted by Gasteiger charge is -2.37. The van der Waals surface area contributed by atoms with Crippen LogP contribution < -0.4 is 5.32 Å². The minimum Gasteiger partial charge on any atom is -0.440 e. The zero-order valence-corrected chi connectivity index (χ0v) is 36.1. The Morgan fingerprint density at radius 3 is 1.57 bits per heavy atom. The monoisotopic (exact) mass is 823 g/mol. The molecule has 7 aromatic carbocycles. The third kappa shape index (κ3) is 7.63. The van der Waals surface area contributed by atoms with E-state index < -0.39 is 23.7 Å². The van der Waals surface area contributed by atoms with Crippen molar-refractivity contribution >= 4 is 22.9 Å². The van der Waals surface area contributed by atoms with Crippen molar-refractivity contribution in [3.05, 3.63) is 255 Å². The first kappa shape index (κ1) is 40.3. The van der Waals surface area contributed by atoms with E-state index in [4.69, 9.17) is 4.74 Å². The van der Waals surface area contributed by atoms with Gasteiger partial charge in [0.15, 0.2) is 0 Å². The van der Waals surface area contributed by atoms with Crippen LogP contribution in [0.2, 0.25) is 0 Å². The van der Waals surface area contributed by atoms with Crippen molar-refractivity contribution in [2.45, 2.75) is 64.6 Å². The number of fused-ring (bicyclic) bond motifs is 4. The summed E-state index contributed by atoms with van der Waals surface area (Å²) in [5.41, 5.74) is 17.4. The third-order valence-corrected chi connectivity index (χ3v) is 13.9. The molecule has 7 aromatic rings. The third-order valence-electron chi connectivity index (χ3n) is 13.9. The molecule has 0 saturated carbocycles. The number of hydrogen-bond donors (Lipinski definition) is 2. The Hall–Kier alpha value is -6.75. The maximum absolute atomic E-state index is 13.4. The molecule has 312 valence electrons. The maximum atomic E-state index is 13.4. The largest absolute Gasteiger partial charge is 0.440 e. The molecule has 4 atom stereocenters. The zero-order valence-electron chi connectivity index (χ0n) is 36.1. The standard InChI is InChI=1S/C34H31NO2.C25H22O/c1-23-18-24(2)20-28(19-23)35-33(36)37-32-30-15-9-7-13-27(30)22-34(32,21-25-10-4-3-5-11-25)31-17-16-26-12-6-8-14-29(26)31;26-24-22-13-7-5-11-20(22)17-25(24,16-18-8-2-1-3-9-18)23-15-14-19-10-4-6-12-21(19)23/h3-15,17-20,32H,16,21-22H2,1-2H3,(H,35,36);1-13,15,24,26H,14,16-17H2. The number of aryl methyl sites for hydroxylation is 2. The van der Waals surface area contributed by atoms with E-state index in [2.05, 4.69) is 169 Å². The van der Waals surface area contributed by atoms with Crippen molar-refractivity contribution < 1.29 is 14.6 Å². The number of rotatable bonds is 8. The van der Waals surface area contributed by atoms with Crippen molar-refractivity contribution in [3.63, 3.8) is 0 Å². The molecule has 2 N–H and O–H groups in total. The molecule has 0 bridgehead atoms. The number of allylic oxidation sites excluding steroid dienone is 2. The first-order valence-electron chi connectivity index (χ1n) is 22.3. The van der Waals surface area contributed by atoms with Gasteiger partial charge in [-0.1, -0.05) is 176 Å². The molecule has 0 saturated heterocycles. The highest BCUT2D eigenvalue weighted by molar-refractivity contribution is 5.86. The molecular formula is C59H53NO3. The Morgan fingerprint density at radius 2 is 1.00 bits per heavy atom. The minimum atomic E-state index is -0.476. The van der Waals surface area contributed by atoms with Gasteiger partial charge in [-0.25, -0.2) is 4.79 Å². The van der Waals surface area contributed by atoms with Crippen molar-refractivity contribution in [3.8, 4) is 0 Å². The van der Waals surface area contributed by atoms with E-state index in [9.17, 15) is 9.90 Å². The Morgan fingerprint density at radius 1 is 0.556 bits per heavy atom. The van der Waals surface area contributed by atoms with Crippen LogP contribution in [-0.4, -0.2) is 11.2 Å². The Balaban J connectivity index is 0.000000159. The fourth-order valence-electron chi connectivity index (χ4n) is 11.3. The molecule has 4 aliphatic rings. The number of benzene rings is 7. The average molecular weight is 824 g/mol. The molecule has 0 spiro atoms. The second-order valence-corrected chi connectivity index (χ2v) is 18.0. The van der Waals surface area contributed by atoms with Gasteiger partial charge in [-0.3, -0.25) is 5.32 Å². The maximum Gasteiger partial charge on any atom is 0.412 e. The number of ether oxygens (including phenoxy) is 1. The Kier molecular flexibility index (Phi) is 10.8. The lowest BCUT2D eigenvalue weighted by molar-refractivity contribution is 0.0526. The molecule has 11 rings (SSSR count). The number of carbonyl (C=O) groups is 1. The summed E-state index contributed by atoms with van der Waals surface area (Å²) in [5.74, 6) is 0. The summed E-state index contributed by atoms with van der Waals surface area (Å²) in [7, 11) is 0. The van der Waals surface area contributed by atoms with Crippen molar-refractivity contribution in [2.75, 3.05) is 5.32 Å². The summed E-state index contributed by atoms with van der Waals surface area (Å²) >= 11 is 0. The molecule has 4 aliphatic carbocycles. The van der Waals surface area contributed by atoms with E-state index in [1.54, 1.807) is 0 Å². The molecule has 4 unspecified atom stereocenters. The molecule has 4 nitrogen and oxygen atoms in total. The number of hydrogen-bond acceptors (Lipinski definition) is 3. The van der Waals surface area contributed by atoms with E-state index in [1.807, 2.05) is 38.1 Å². The molecule has 0 aliphatic heterocycles. The van der Waals surface area contributed by atoms with Crippen LogP contribution in [0.3, 0.4) is 0 Å². The number of nitrogens with one attached hydrogen (secondary N) is 1. The number of amides is 1. The van der Waals surface area contributed by atoms with Crippen molar-refractivity contribution in [1.29, 1.82) is 0 Å². The highest BCUT2D eigenvalue weighted by Crippen LogP contribution is 2.59. The highest BCUT2D eigenvalue weighted by Gasteiger charge is 2.52. The fraction of sp³-hybridized carbons (Fsp3) is 0.203. The van der Waals surface area contributed by atoms with Crippen LogP contribution in [0.1, 0.15) is 79.0 Å². The van der Waals surface area contributed by atoms with Crippen LogP contribution in [0.15, 0.2) is 188 Å². The lowest BCUT2D eigenvalue weighted by atomic mass is 9.69. The van der Waals surface area contributed by atoms with Gasteiger partial charge in [-0.2, -0.15) is 0 Å².